The summed E-state index contributed by atoms with van der Waals surface area (Å²) in [6.07, 6.45) is 3.94. The van der Waals surface area contributed by atoms with E-state index in [0.717, 1.165) is 46.7 Å². The summed E-state index contributed by atoms with van der Waals surface area (Å²) in [6, 6.07) is 8.09. The number of amides is 1. The summed E-state index contributed by atoms with van der Waals surface area (Å²) in [4.78, 5) is 18.8. The first kappa shape index (κ1) is 14.7. The van der Waals surface area contributed by atoms with Crippen molar-refractivity contribution in [3.05, 3.63) is 39.1 Å². The number of hydrogen-bond donors (Lipinski definition) is 0. The zero-order valence-corrected chi connectivity index (χ0v) is 14.1. The Balaban J connectivity index is 1.67. The van der Waals surface area contributed by atoms with Crippen molar-refractivity contribution in [1.29, 1.82) is 0 Å². The van der Waals surface area contributed by atoms with Gasteiger partial charge in [-0.1, -0.05) is 28.1 Å². The summed E-state index contributed by atoms with van der Waals surface area (Å²) in [6.45, 7) is 1.81. The van der Waals surface area contributed by atoms with Gasteiger partial charge >= 0.3 is 0 Å². The zero-order chi connectivity index (χ0) is 14.7. The molecule has 0 aliphatic carbocycles. The molecule has 0 bridgehead atoms. The minimum absolute atomic E-state index is 0.214. The lowest BCUT2D eigenvalue weighted by Gasteiger charge is -2.26. The SMILES string of the molecule is O=C(Cc1nc(-c2ccc(Br)cc2)cs1)N1CCCCC1. The lowest BCUT2D eigenvalue weighted by Crippen LogP contribution is -2.36. The molecular formula is C16H17BrN2OS. The van der Waals surface area contributed by atoms with Crippen molar-refractivity contribution < 1.29 is 4.79 Å². The zero-order valence-electron chi connectivity index (χ0n) is 11.7. The smallest absolute Gasteiger partial charge is 0.229 e. The van der Waals surface area contributed by atoms with Crippen molar-refractivity contribution in [1.82, 2.24) is 9.88 Å². The van der Waals surface area contributed by atoms with E-state index in [1.165, 1.54) is 6.42 Å². The quantitative estimate of drug-likeness (QED) is 0.820. The molecule has 0 N–H and O–H groups in total. The van der Waals surface area contributed by atoms with Crippen molar-refractivity contribution in [3.63, 3.8) is 0 Å². The van der Waals surface area contributed by atoms with Crippen molar-refractivity contribution >= 4 is 33.2 Å². The number of aromatic nitrogens is 1. The highest BCUT2D eigenvalue weighted by Crippen LogP contribution is 2.24. The van der Waals surface area contributed by atoms with Gasteiger partial charge in [-0.2, -0.15) is 0 Å². The molecule has 1 aliphatic rings. The van der Waals surface area contributed by atoms with Gasteiger partial charge in [-0.25, -0.2) is 4.98 Å². The number of hydrogen-bond acceptors (Lipinski definition) is 3. The predicted octanol–water partition coefficient (Wildman–Crippen LogP) is 4.13. The van der Waals surface area contributed by atoms with Crippen molar-refractivity contribution in [2.24, 2.45) is 0 Å². The molecule has 2 aromatic rings. The molecule has 1 saturated heterocycles. The summed E-state index contributed by atoms with van der Waals surface area (Å²) in [7, 11) is 0. The molecule has 3 rings (SSSR count). The highest BCUT2D eigenvalue weighted by molar-refractivity contribution is 9.10. The Morgan fingerprint density at radius 2 is 1.90 bits per heavy atom. The Hall–Kier alpha value is -1.20. The second-order valence-corrected chi connectivity index (χ2v) is 7.11. The first-order valence-corrected chi connectivity index (χ1v) is 8.88. The lowest BCUT2D eigenvalue weighted by atomic mass is 10.1. The van der Waals surface area contributed by atoms with Crippen LogP contribution in [0.4, 0.5) is 0 Å². The predicted molar refractivity (Wildman–Crippen MR) is 89.4 cm³/mol. The number of rotatable bonds is 3. The third kappa shape index (κ3) is 3.71. The number of nitrogens with zero attached hydrogens (tertiary/aromatic N) is 2. The van der Waals surface area contributed by atoms with Gasteiger partial charge < -0.3 is 4.90 Å². The molecule has 0 spiro atoms. The van der Waals surface area contributed by atoms with Gasteiger partial charge in [0.2, 0.25) is 5.91 Å². The number of thiazole rings is 1. The summed E-state index contributed by atoms with van der Waals surface area (Å²) >= 11 is 5.00. The molecule has 1 aliphatic heterocycles. The van der Waals surface area contributed by atoms with Crippen LogP contribution in [0.25, 0.3) is 11.3 Å². The second kappa shape index (κ2) is 6.71. The van der Waals surface area contributed by atoms with Gasteiger partial charge in [-0.15, -0.1) is 11.3 Å². The van der Waals surface area contributed by atoms with E-state index in [1.54, 1.807) is 11.3 Å². The van der Waals surface area contributed by atoms with E-state index in [1.807, 2.05) is 34.5 Å². The third-order valence-electron chi connectivity index (χ3n) is 3.70. The van der Waals surface area contributed by atoms with Gasteiger partial charge in [0.05, 0.1) is 12.1 Å². The first-order chi connectivity index (χ1) is 10.2. The molecule has 3 nitrogen and oxygen atoms in total. The fourth-order valence-electron chi connectivity index (χ4n) is 2.53. The third-order valence-corrected chi connectivity index (χ3v) is 5.08. The average molecular weight is 365 g/mol. The number of carbonyl (C=O) groups is 1. The van der Waals surface area contributed by atoms with Crippen LogP contribution in [-0.2, 0) is 11.2 Å². The topological polar surface area (TPSA) is 33.2 Å². The molecule has 21 heavy (non-hydrogen) atoms. The highest BCUT2D eigenvalue weighted by Gasteiger charge is 2.18. The maximum Gasteiger partial charge on any atom is 0.229 e. The maximum atomic E-state index is 12.2. The highest BCUT2D eigenvalue weighted by atomic mass is 79.9. The molecule has 5 heteroatoms. The van der Waals surface area contributed by atoms with Crippen LogP contribution in [0.15, 0.2) is 34.1 Å². The van der Waals surface area contributed by atoms with Gasteiger partial charge in [0.15, 0.2) is 0 Å². The lowest BCUT2D eigenvalue weighted by molar-refractivity contribution is -0.131. The molecule has 110 valence electrons. The number of likely N-dealkylation sites (tertiary alicyclic amines) is 1. The van der Waals surface area contributed by atoms with Crippen molar-refractivity contribution in [2.45, 2.75) is 25.7 Å². The molecule has 2 heterocycles. The van der Waals surface area contributed by atoms with Crippen molar-refractivity contribution in [2.75, 3.05) is 13.1 Å². The number of piperidine rings is 1. The van der Waals surface area contributed by atoms with Crippen LogP contribution in [0.1, 0.15) is 24.3 Å². The fraction of sp³-hybridized carbons (Fsp3) is 0.375. The molecule has 0 radical (unpaired) electrons. The maximum absolute atomic E-state index is 12.2. The van der Waals surface area contributed by atoms with Gasteiger partial charge in [0.25, 0.3) is 0 Å². The Labute approximate surface area is 137 Å². The second-order valence-electron chi connectivity index (χ2n) is 5.25. The van der Waals surface area contributed by atoms with Gasteiger partial charge in [0.1, 0.15) is 5.01 Å². The van der Waals surface area contributed by atoms with E-state index < -0.39 is 0 Å². The van der Waals surface area contributed by atoms with E-state index in [9.17, 15) is 4.79 Å². The minimum Gasteiger partial charge on any atom is -0.342 e. The van der Waals surface area contributed by atoms with E-state index >= 15 is 0 Å². The molecule has 0 unspecified atom stereocenters. The molecule has 1 aromatic heterocycles. The molecular weight excluding hydrogens is 348 g/mol. The van der Waals surface area contributed by atoms with Crippen LogP contribution in [-0.4, -0.2) is 28.9 Å². The van der Waals surface area contributed by atoms with Gasteiger partial charge in [-0.3, -0.25) is 4.79 Å². The Bertz CT molecular complexity index is 617. The number of carbonyl (C=O) groups excluding carboxylic acids is 1. The standard InChI is InChI=1S/C16H17BrN2OS/c17-13-6-4-12(5-7-13)14-11-21-15(18-14)10-16(20)19-8-2-1-3-9-19/h4-7,11H,1-3,8-10H2. The van der Waals surface area contributed by atoms with Crippen LogP contribution in [0, 0.1) is 0 Å². The van der Waals surface area contributed by atoms with E-state index in [-0.39, 0.29) is 5.91 Å². The normalized spacial score (nSPS) is 15.2. The molecule has 1 fully saturated rings. The molecule has 1 amide bonds. The van der Waals surface area contributed by atoms with Crippen LogP contribution in [0.2, 0.25) is 0 Å². The summed E-state index contributed by atoms with van der Waals surface area (Å²) in [5.41, 5.74) is 2.04. The Morgan fingerprint density at radius 3 is 2.62 bits per heavy atom. The minimum atomic E-state index is 0.214. The van der Waals surface area contributed by atoms with Crippen LogP contribution < -0.4 is 0 Å². The Kier molecular flexibility index (Phi) is 4.70. The fourth-order valence-corrected chi connectivity index (χ4v) is 3.59. The summed E-state index contributed by atoms with van der Waals surface area (Å²) < 4.78 is 1.06. The molecule has 0 atom stereocenters. The molecule has 1 aromatic carbocycles. The van der Waals surface area contributed by atoms with E-state index in [2.05, 4.69) is 20.9 Å². The van der Waals surface area contributed by atoms with Crippen LogP contribution in [0.3, 0.4) is 0 Å². The summed E-state index contributed by atoms with van der Waals surface area (Å²) in [5, 5.41) is 2.94. The summed E-state index contributed by atoms with van der Waals surface area (Å²) in [5.74, 6) is 0.214. The van der Waals surface area contributed by atoms with E-state index in [0.29, 0.717) is 6.42 Å². The Morgan fingerprint density at radius 1 is 1.19 bits per heavy atom. The monoisotopic (exact) mass is 364 g/mol. The van der Waals surface area contributed by atoms with Crippen LogP contribution in [0.5, 0.6) is 0 Å². The molecule has 0 saturated carbocycles. The largest absolute Gasteiger partial charge is 0.342 e. The van der Waals surface area contributed by atoms with Gasteiger partial charge in [0, 0.05) is 28.5 Å². The van der Waals surface area contributed by atoms with E-state index in [4.69, 9.17) is 0 Å². The number of halogens is 1. The van der Waals surface area contributed by atoms with Crippen molar-refractivity contribution in [3.8, 4) is 11.3 Å². The van der Waals surface area contributed by atoms with Crippen LogP contribution >= 0.6 is 27.3 Å². The van der Waals surface area contributed by atoms with Gasteiger partial charge in [-0.05, 0) is 31.4 Å². The first-order valence-electron chi connectivity index (χ1n) is 7.20. The average Bonchev–Trinajstić information content (AvgIpc) is 2.97. The number of benzene rings is 1.